The van der Waals surface area contributed by atoms with Crippen LogP contribution in [0.5, 0.6) is 0 Å². The zero-order valence-electron chi connectivity index (χ0n) is 51.4. The fourth-order valence-electron chi connectivity index (χ4n) is 8.57. The molecule has 0 saturated heterocycles. The molecule has 0 bridgehead atoms. The quantitative estimate of drug-likeness (QED) is 0.0336. The minimum absolute atomic E-state index is 0. The van der Waals surface area contributed by atoms with Crippen LogP contribution in [-0.2, 0) is 0 Å². The third-order valence-electron chi connectivity index (χ3n) is 13.9. The Kier molecular flexibility index (Phi) is 28.2. The molecule has 0 fully saturated rings. The van der Waals surface area contributed by atoms with Crippen molar-refractivity contribution in [2.45, 2.75) is 69.2 Å². The van der Waals surface area contributed by atoms with E-state index in [1.165, 1.54) is 0 Å². The maximum absolute atomic E-state index is 13.1. The van der Waals surface area contributed by atoms with Crippen molar-refractivity contribution in [2.24, 2.45) is 0 Å². The van der Waals surface area contributed by atoms with Gasteiger partial charge < -0.3 is 25.9 Å². The molecule has 9 rings (SSSR count). The number of Topliss-reactive ketones (excluding diaryl/α,β-unsaturated/α-hetero) is 6. The summed E-state index contributed by atoms with van der Waals surface area (Å²) in [6.07, 6.45) is 0. The van der Waals surface area contributed by atoms with Crippen molar-refractivity contribution in [1.29, 1.82) is 0 Å². The monoisotopic (exact) mass is 1350 g/mol. The first-order valence-electron chi connectivity index (χ1n) is 28.3. The van der Waals surface area contributed by atoms with E-state index >= 15 is 0 Å². The maximum atomic E-state index is 13.1. The van der Waals surface area contributed by atoms with E-state index in [-0.39, 0.29) is 75.7 Å². The summed E-state index contributed by atoms with van der Waals surface area (Å²) in [6, 6.07) is 61.8. The molecule has 0 atom stereocenters. The summed E-state index contributed by atoms with van der Waals surface area (Å²) >= 11 is 0. The summed E-state index contributed by atoms with van der Waals surface area (Å²) in [5.41, 5.74) is 10.8. The standard InChI is InChI=1S/3C25H22O3.C2H6O.H2O.Yb/c3*1-16-4-10-19(11-5-16)23(26)22(24(27)20-12-6-17(2)7-13-20)25(28)21-14-8-18(3)9-15-21;1-2-3;;/h3*4-15,26H,1-3H3;3H,2H2,1H3;1H2;/q;;;;;+3/p-3. The van der Waals surface area contributed by atoms with E-state index in [4.69, 9.17) is 5.11 Å². The van der Waals surface area contributed by atoms with Crippen LogP contribution >= 0.6 is 0 Å². The van der Waals surface area contributed by atoms with Gasteiger partial charge in [0.15, 0.2) is 34.7 Å². The summed E-state index contributed by atoms with van der Waals surface area (Å²) < 4.78 is 0. The number of aryl methyl sites for hydroxylation is 9. The fraction of sp³-hybridized carbons (Fsp3) is 0.143. The molecule has 9 aromatic carbocycles. The van der Waals surface area contributed by atoms with Gasteiger partial charge in [-0.3, -0.25) is 28.8 Å². The predicted octanol–water partition coefficient (Wildman–Crippen LogP) is 12.5. The van der Waals surface area contributed by atoms with Gasteiger partial charge in [-0.1, -0.05) is 286 Å². The molecule has 0 aliphatic carbocycles. The number of aliphatic hydroxyl groups excluding tert-OH is 1. The third-order valence-corrected chi connectivity index (χ3v) is 13.9. The molecule has 0 aliphatic rings. The number of allylic oxidation sites excluding steroid dienone is 3. The first-order valence-corrected chi connectivity index (χ1v) is 28.3. The number of benzene rings is 9. The summed E-state index contributed by atoms with van der Waals surface area (Å²) in [6.45, 7) is 19.1. The molecule has 0 spiro atoms. The molecular weight excluding hydrogens is 1270 g/mol. The van der Waals surface area contributed by atoms with Crippen molar-refractivity contribution in [2.75, 3.05) is 6.61 Å². The number of carbonyl (C=O) groups excluding carboxylic acids is 6. The van der Waals surface area contributed by atoms with E-state index in [1.807, 2.05) is 62.3 Å². The SMILES string of the molecule is CCO.Cc1ccc(C(=O)C(C(=O)c2ccc(C)cc2)=C([O-])c2ccc(C)cc2)cc1.Cc1ccc(C(=O)C(C(=O)c2ccc(C)cc2)=C([O-])c2ccc(C)cc2)cc1.Cc1ccc(C(=O)C(C(=O)c2ccc(C)cc2)=C([O-])c2ccc(C)cc2)cc1.O.[Yb+3]. The van der Waals surface area contributed by atoms with E-state index in [0.717, 1.165) is 50.1 Å². The van der Waals surface area contributed by atoms with E-state index in [2.05, 4.69) is 0 Å². The minimum atomic E-state index is -0.559. The summed E-state index contributed by atoms with van der Waals surface area (Å²) in [7, 11) is 0. The maximum Gasteiger partial charge on any atom is 3.00 e. The van der Waals surface area contributed by atoms with E-state index in [0.29, 0.717) is 50.1 Å². The average molecular weight is 1350 g/mol. The summed E-state index contributed by atoms with van der Waals surface area (Å²) in [4.78, 5) is 78.8. The Morgan fingerprint density at radius 2 is 0.337 bits per heavy atom. The smallest absolute Gasteiger partial charge is 0.871 e. The van der Waals surface area contributed by atoms with E-state index in [1.54, 1.807) is 225 Å². The number of carbonyl (C=O) groups is 6. The van der Waals surface area contributed by atoms with Crippen LogP contribution in [-0.4, -0.2) is 51.9 Å². The number of hydrogen-bond donors (Lipinski definition) is 1. The second kappa shape index (κ2) is 34.6. The van der Waals surface area contributed by atoms with Gasteiger partial charge in [-0.05, 0) is 85.9 Å². The van der Waals surface area contributed by atoms with Crippen LogP contribution in [0, 0.1) is 109 Å². The van der Waals surface area contributed by atoms with Gasteiger partial charge in [0.2, 0.25) is 0 Å². The molecule has 12 heteroatoms. The Hall–Kier alpha value is -8.94. The van der Waals surface area contributed by atoms with Crippen molar-refractivity contribution in [3.8, 4) is 0 Å². The van der Waals surface area contributed by atoms with Crippen molar-refractivity contribution in [3.63, 3.8) is 0 Å². The Labute approximate surface area is 560 Å². The zero-order valence-corrected chi connectivity index (χ0v) is 53.1. The molecule has 89 heavy (non-hydrogen) atoms. The third kappa shape index (κ3) is 20.0. The van der Waals surface area contributed by atoms with Crippen LogP contribution in [0.2, 0.25) is 0 Å². The van der Waals surface area contributed by atoms with Crippen LogP contribution in [0.1, 0.15) is 136 Å². The van der Waals surface area contributed by atoms with Gasteiger partial charge in [0.1, 0.15) is 0 Å². The van der Waals surface area contributed by atoms with Gasteiger partial charge in [0, 0.05) is 40.0 Å². The average Bonchev–Trinajstić information content (AvgIpc) is 1.17. The second-order valence-electron chi connectivity index (χ2n) is 21.2. The number of aliphatic hydroxyl groups is 1. The van der Waals surface area contributed by atoms with Crippen molar-refractivity contribution in [1.82, 2.24) is 0 Å². The van der Waals surface area contributed by atoms with E-state index < -0.39 is 52.0 Å². The Bertz CT molecular complexity index is 3390. The topological polar surface area (TPSA) is 223 Å². The van der Waals surface area contributed by atoms with Gasteiger partial charge in [-0.25, -0.2) is 0 Å². The molecule has 9 aromatic rings. The Morgan fingerprint density at radius 1 is 0.247 bits per heavy atom. The zero-order chi connectivity index (χ0) is 63.5. The van der Waals surface area contributed by atoms with E-state index in [9.17, 15) is 44.1 Å². The molecule has 0 aromatic heterocycles. The minimum Gasteiger partial charge on any atom is -0.871 e. The van der Waals surface area contributed by atoms with Gasteiger partial charge in [0.05, 0.1) is 16.7 Å². The van der Waals surface area contributed by atoms with Gasteiger partial charge >= 0.3 is 46.9 Å². The second-order valence-corrected chi connectivity index (χ2v) is 21.2. The molecule has 0 amide bonds. The molecule has 1 radical (unpaired) electrons. The van der Waals surface area contributed by atoms with Crippen LogP contribution in [0.3, 0.4) is 0 Å². The van der Waals surface area contributed by atoms with Gasteiger partial charge in [-0.2, -0.15) is 0 Å². The Morgan fingerprint density at radius 3 is 0.438 bits per heavy atom. The van der Waals surface area contributed by atoms with Crippen molar-refractivity contribution in [3.05, 3.63) is 335 Å². The largest absolute Gasteiger partial charge is 3.00 e. The number of hydrogen-bond acceptors (Lipinski definition) is 10. The molecule has 0 unspecified atom stereocenters. The van der Waals surface area contributed by atoms with Crippen molar-refractivity contribution < 1.29 is 102 Å². The molecule has 0 heterocycles. The first kappa shape index (κ1) is 72.5. The normalized spacial score (nSPS) is 10.0. The molecule has 0 saturated carbocycles. The molecule has 459 valence electrons. The van der Waals surface area contributed by atoms with Crippen molar-refractivity contribution >= 4 is 52.0 Å². The fourth-order valence-corrected chi connectivity index (χ4v) is 8.57. The van der Waals surface area contributed by atoms with Crippen LogP contribution in [0.25, 0.3) is 17.3 Å². The molecular formula is C77H71O11Yb. The number of rotatable bonds is 15. The predicted molar refractivity (Wildman–Crippen MR) is 344 cm³/mol. The molecule has 11 nitrogen and oxygen atoms in total. The van der Waals surface area contributed by atoms with Crippen LogP contribution < -0.4 is 15.3 Å². The summed E-state index contributed by atoms with van der Waals surface area (Å²) in [5.74, 6) is -5.03. The van der Waals surface area contributed by atoms with Gasteiger partial charge in [-0.15, -0.1) is 0 Å². The summed E-state index contributed by atoms with van der Waals surface area (Å²) in [5, 5.41) is 47.0. The van der Waals surface area contributed by atoms with Crippen LogP contribution in [0.15, 0.2) is 235 Å². The van der Waals surface area contributed by atoms with Gasteiger partial charge in [0.25, 0.3) is 0 Å². The molecule has 0 aliphatic heterocycles. The first-order chi connectivity index (χ1) is 41.5. The number of ketones is 6. The van der Waals surface area contributed by atoms with Crippen LogP contribution in [0.4, 0.5) is 0 Å². The Balaban J connectivity index is 0.000000276. The molecule has 3 N–H and O–H groups in total.